The topological polar surface area (TPSA) is 39.2 Å². The average Bonchev–Trinajstić information content (AvgIpc) is 2.67. The zero-order valence-corrected chi connectivity index (χ0v) is 10.4. The molecular formula is C12H12ClNOS. The Labute approximate surface area is 104 Å². The number of hydrogen-bond donors (Lipinski definition) is 1. The quantitative estimate of drug-likeness (QED) is 0.903. The van der Waals surface area contributed by atoms with Gasteiger partial charge in [-0.3, -0.25) is 0 Å². The molecule has 0 aliphatic rings. The van der Waals surface area contributed by atoms with Crippen molar-refractivity contribution in [3.05, 3.63) is 46.9 Å². The summed E-state index contributed by atoms with van der Waals surface area (Å²) >= 11 is 7.76. The highest BCUT2D eigenvalue weighted by atomic mass is 35.5. The van der Waals surface area contributed by atoms with Crippen LogP contribution >= 0.6 is 23.4 Å². The molecule has 0 aliphatic heterocycles. The third kappa shape index (κ3) is 2.26. The van der Waals surface area contributed by atoms with Gasteiger partial charge in [0.1, 0.15) is 5.76 Å². The first kappa shape index (κ1) is 11.6. The van der Waals surface area contributed by atoms with E-state index in [0.717, 1.165) is 26.1 Å². The molecule has 1 aromatic heterocycles. The van der Waals surface area contributed by atoms with Crippen molar-refractivity contribution >= 4 is 23.4 Å². The molecule has 0 radical (unpaired) electrons. The minimum Gasteiger partial charge on any atom is -0.468 e. The van der Waals surface area contributed by atoms with Gasteiger partial charge in [0, 0.05) is 11.4 Å². The number of halogens is 1. The lowest BCUT2D eigenvalue weighted by Gasteiger charge is -2.08. The van der Waals surface area contributed by atoms with Crippen molar-refractivity contribution in [2.75, 3.05) is 0 Å². The summed E-state index contributed by atoms with van der Waals surface area (Å²) in [6, 6.07) is 7.71. The van der Waals surface area contributed by atoms with E-state index < -0.39 is 0 Å². The smallest absolute Gasteiger partial charge is 0.114 e. The van der Waals surface area contributed by atoms with Gasteiger partial charge in [-0.05, 0) is 24.6 Å². The molecule has 2 nitrogen and oxygen atoms in total. The van der Waals surface area contributed by atoms with Crippen molar-refractivity contribution in [3.63, 3.8) is 0 Å². The van der Waals surface area contributed by atoms with Gasteiger partial charge >= 0.3 is 0 Å². The van der Waals surface area contributed by atoms with E-state index in [1.165, 1.54) is 0 Å². The minimum atomic E-state index is 0.486. The Morgan fingerprint density at radius 3 is 2.81 bits per heavy atom. The first-order valence-corrected chi connectivity index (χ1v) is 6.11. The summed E-state index contributed by atoms with van der Waals surface area (Å²) in [6.45, 7) is 2.42. The number of benzene rings is 1. The van der Waals surface area contributed by atoms with Crippen LogP contribution in [-0.2, 0) is 6.54 Å². The van der Waals surface area contributed by atoms with Gasteiger partial charge in [-0.25, -0.2) is 0 Å². The summed E-state index contributed by atoms with van der Waals surface area (Å²) in [6.07, 6.45) is 1.68. The monoisotopic (exact) mass is 253 g/mol. The number of furan rings is 1. The third-order valence-electron chi connectivity index (χ3n) is 2.29. The van der Waals surface area contributed by atoms with Crippen molar-refractivity contribution < 1.29 is 4.42 Å². The Kier molecular flexibility index (Phi) is 3.59. The Morgan fingerprint density at radius 2 is 2.19 bits per heavy atom. The SMILES string of the molecule is Cc1occc1Sc1c(Cl)cccc1CN. The Bertz CT molecular complexity index is 496. The molecule has 0 unspecified atom stereocenters. The first-order valence-electron chi connectivity index (χ1n) is 4.91. The van der Waals surface area contributed by atoms with E-state index in [-0.39, 0.29) is 0 Å². The lowest BCUT2D eigenvalue weighted by Crippen LogP contribution is -1.98. The van der Waals surface area contributed by atoms with Crippen LogP contribution in [-0.4, -0.2) is 0 Å². The van der Waals surface area contributed by atoms with Gasteiger partial charge in [0.25, 0.3) is 0 Å². The molecule has 16 heavy (non-hydrogen) atoms. The molecule has 1 aromatic carbocycles. The molecular weight excluding hydrogens is 242 g/mol. The van der Waals surface area contributed by atoms with E-state index in [2.05, 4.69) is 0 Å². The Balaban J connectivity index is 2.37. The second-order valence-corrected chi connectivity index (χ2v) is 4.83. The molecule has 2 N–H and O–H groups in total. The third-order valence-corrected chi connectivity index (χ3v) is 4.05. The summed E-state index contributed by atoms with van der Waals surface area (Å²) in [4.78, 5) is 2.08. The minimum absolute atomic E-state index is 0.486. The van der Waals surface area contributed by atoms with Crippen molar-refractivity contribution in [1.82, 2.24) is 0 Å². The van der Waals surface area contributed by atoms with E-state index in [4.69, 9.17) is 21.8 Å². The van der Waals surface area contributed by atoms with Crippen molar-refractivity contribution in [3.8, 4) is 0 Å². The molecule has 0 bridgehead atoms. The van der Waals surface area contributed by atoms with E-state index in [0.29, 0.717) is 6.54 Å². The summed E-state index contributed by atoms with van der Waals surface area (Å²) in [5.41, 5.74) is 6.74. The van der Waals surface area contributed by atoms with Crippen molar-refractivity contribution in [2.45, 2.75) is 23.3 Å². The fraction of sp³-hybridized carbons (Fsp3) is 0.167. The lowest BCUT2D eigenvalue weighted by molar-refractivity contribution is 0.527. The number of rotatable bonds is 3. The predicted octanol–water partition coefficient (Wildman–Crippen LogP) is 3.85. The molecule has 0 saturated carbocycles. The zero-order chi connectivity index (χ0) is 11.5. The Hall–Kier alpha value is -0.900. The molecule has 2 rings (SSSR count). The molecule has 1 heterocycles. The van der Waals surface area contributed by atoms with Gasteiger partial charge in [0.15, 0.2) is 0 Å². The highest BCUT2D eigenvalue weighted by molar-refractivity contribution is 7.99. The van der Waals surface area contributed by atoms with Gasteiger partial charge in [-0.2, -0.15) is 0 Å². The summed E-state index contributed by atoms with van der Waals surface area (Å²) in [7, 11) is 0. The van der Waals surface area contributed by atoms with Gasteiger partial charge in [0.2, 0.25) is 0 Å². The molecule has 4 heteroatoms. The van der Waals surface area contributed by atoms with Crippen LogP contribution in [0, 0.1) is 6.92 Å². The van der Waals surface area contributed by atoms with Crippen LogP contribution in [0.15, 0.2) is 44.7 Å². The van der Waals surface area contributed by atoms with Crippen molar-refractivity contribution in [1.29, 1.82) is 0 Å². The standard InChI is InChI=1S/C12H12ClNOS/c1-8-11(5-6-15-8)16-12-9(7-14)3-2-4-10(12)13/h2-6H,7,14H2,1H3. The molecule has 0 aliphatic carbocycles. The van der Waals surface area contributed by atoms with E-state index in [1.807, 2.05) is 31.2 Å². The van der Waals surface area contributed by atoms with Gasteiger partial charge in [-0.15, -0.1) is 0 Å². The summed E-state index contributed by atoms with van der Waals surface area (Å²) < 4.78 is 5.25. The number of aryl methyl sites for hydroxylation is 1. The molecule has 0 atom stereocenters. The number of hydrogen-bond acceptors (Lipinski definition) is 3. The largest absolute Gasteiger partial charge is 0.468 e. The maximum Gasteiger partial charge on any atom is 0.114 e. The van der Waals surface area contributed by atoms with Crippen LogP contribution < -0.4 is 5.73 Å². The summed E-state index contributed by atoms with van der Waals surface area (Å²) in [5.74, 6) is 0.896. The highest BCUT2D eigenvalue weighted by Crippen LogP contribution is 2.37. The van der Waals surface area contributed by atoms with E-state index >= 15 is 0 Å². The van der Waals surface area contributed by atoms with Gasteiger partial charge in [0.05, 0.1) is 16.2 Å². The van der Waals surface area contributed by atoms with Gasteiger partial charge < -0.3 is 10.2 Å². The molecule has 0 amide bonds. The molecule has 2 aromatic rings. The number of nitrogens with two attached hydrogens (primary N) is 1. The van der Waals surface area contributed by atoms with Crippen LogP contribution in [0.5, 0.6) is 0 Å². The Morgan fingerprint density at radius 1 is 1.38 bits per heavy atom. The average molecular weight is 254 g/mol. The van der Waals surface area contributed by atoms with E-state index in [9.17, 15) is 0 Å². The molecule has 0 spiro atoms. The molecule has 84 valence electrons. The first-order chi connectivity index (χ1) is 7.72. The van der Waals surface area contributed by atoms with Crippen LogP contribution in [0.3, 0.4) is 0 Å². The van der Waals surface area contributed by atoms with Crippen LogP contribution in [0.4, 0.5) is 0 Å². The lowest BCUT2D eigenvalue weighted by atomic mass is 10.2. The highest BCUT2D eigenvalue weighted by Gasteiger charge is 2.10. The zero-order valence-electron chi connectivity index (χ0n) is 8.87. The second kappa shape index (κ2) is 4.95. The normalized spacial score (nSPS) is 10.7. The second-order valence-electron chi connectivity index (χ2n) is 3.38. The van der Waals surface area contributed by atoms with Crippen LogP contribution in [0.2, 0.25) is 5.02 Å². The maximum absolute atomic E-state index is 6.17. The van der Waals surface area contributed by atoms with Crippen molar-refractivity contribution in [2.24, 2.45) is 5.73 Å². The van der Waals surface area contributed by atoms with Crippen LogP contribution in [0.1, 0.15) is 11.3 Å². The maximum atomic E-state index is 6.17. The fourth-order valence-corrected chi connectivity index (χ4v) is 2.71. The fourth-order valence-electron chi connectivity index (χ4n) is 1.42. The van der Waals surface area contributed by atoms with Gasteiger partial charge in [-0.1, -0.05) is 35.5 Å². The molecule has 0 saturated heterocycles. The molecule has 0 fully saturated rings. The predicted molar refractivity (Wildman–Crippen MR) is 66.9 cm³/mol. The van der Waals surface area contributed by atoms with E-state index in [1.54, 1.807) is 18.0 Å². The van der Waals surface area contributed by atoms with Crippen LogP contribution in [0.25, 0.3) is 0 Å². The summed E-state index contributed by atoms with van der Waals surface area (Å²) in [5, 5.41) is 0.730.